The molecule has 1 aromatic rings. The van der Waals surface area contributed by atoms with E-state index in [9.17, 15) is 9.90 Å². The molecule has 13 heavy (non-hydrogen) atoms. The maximum Gasteiger partial charge on any atom is 0.178 e. The van der Waals surface area contributed by atoms with Crippen LogP contribution in [-0.2, 0) is 0 Å². The lowest BCUT2D eigenvalue weighted by molar-refractivity contribution is 0.102. The number of phenols is 1. The zero-order chi connectivity index (χ0) is 10.0. The van der Waals surface area contributed by atoms with Gasteiger partial charge in [0.2, 0.25) is 0 Å². The summed E-state index contributed by atoms with van der Waals surface area (Å²) in [5, 5.41) is 9.29. The molecule has 70 valence electrons. The van der Waals surface area contributed by atoms with Crippen molar-refractivity contribution < 1.29 is 9.90 Å². The molecule has 0 unspecified atom stereocenters. The summed E-state index contributed by atoms with van der Waals surface area (Å²) in [6.07, 6.45) is 0. The third kappa shape index (κ3) is 2.16. The van der Waals surface area contributed by atoms with Gasteiger partial charge >= 0.3 is 0 Å². The second-order valence-corrected chi connectivity index (χ2v) is 3.76. The molecule has 0 aliphatic rings. The van der Waals surface area contributed by atoms with Crippen LogP contribution in [0, 0.1) is 0 Å². The molecule has 2 nitrogen and oxygen atoms in total. The van der Waals surface area contributed by atoms with Crippen molar-refractivity contribution >= 4 is 44.9 Å². The molecular formula is C8H5BrCl2O2. The molecule has 0 fully saturated rings. The van der Waals surface area contributed by atoms with Crippen LogP contribution in [0.15, 0.2) is 16.6 Å². The van der Waals surface area contributed by atoms with E-state index in [-0.39, 0.29) is 22.4 Å². The van der Waals surface area contributed by atoms with Gasteiger partial charge in [-0.05, 0) is 28.1 Å². The van der Waals surface area contributed by atoms with E-state index >= 15 is 0 Å². The second kappa shape index (κ2) is 4.31. The highest BCUT2D eigenvalue weighted by Gasteiger charge is 2.13. The molecule has 1 rings (SSSR count). The summed E-state index contributed by atoms with van der Waals surface area (Å²) in [5.41, 5.74) is 0.373. The minimum atomic E-state index is -0.240. The van der Waals surface area contributed by atoms with Crippen molar-refractivity contribution in [1.29, 1.82) is 0 Å². The fourth-order valence-corrected chi connectivity index (χ4v) is 1.69. The van der Waals surface area contributed by atoms with E-state index in [1.165, 1.54) is 12.1 Å². The van der Waals surface area contributed by atoms with Gasteiger partial charge in [-0.25, -0.2) is 0 Å². The van der Waals surface area contributed by atoms with Gasteiger partial charge in [0, 0.05) is 5.56 Å². The lowest BCUT2D eigenvalue weighted by atomic mass is 10.1. The maximum absolute atomic E-state index is 11.2. The third-order valence-corrected chi connectivity index (χ3v) is 3.16. The summed E-state index contributed by atoms with van der Waals surface area (Å²) in [7, 11) is 0. The largest absolute Gasteiger partial charge is 0.506 e. The lowest BCUT2D eigenvalue weighted by Crippen LogP contribution is -2.01. The molecule has 0 atom stereocenters. The quantitative estimate of drug-likeness (QED) is 0.668. The number of ketones is 1. The minimum Gasteiger partial charge on any atom is -0.506 e. The molecule has 0 radical (unpaired) electrons. The molecule has 0 spiro atoms. The van der Waals surface area contributed by atoms with Gasteiger partial charge in [-0.1, -0.05) is 11.6 Å². The summed E-state index contributed by atoms with van der Waals surface area (Å²) in [5.74, 6) is -0.421. The van der Waals surface area contributed by atoms with E-state index in [2.05, 4.69) is 15.9 Å². The topological polar surface area (TPSA) is 37.3 Å². The number of carbonyl (C=O) groups excluding carboxylic acids is 1. The van der Waals surface area contributed by atoms with Crippen molar-refractivity contribution in [3.8, 4) is 5.75 Å². The molecule has 1 N–H and O–H groups in total. The molecule has 0 bridgehead atoms. The van der Waals surface area contributed by atoms with E-state index in [0.717, 1.165) is 0 Å². The summed E-state index contributed by atoms with van der Waals surface area (Å²) in [6.45, 7) is 0. The molecule has 0 saturated heterocycles. The molecule has 0 heterocycles. The van der Waals surface area contributed by atoms with Crippen molar-refractivity contribution in [3.05, 3.63) is 27.2 Å². The van der Waals surface area contributed by atoms with Crippen molar-refractivity contribution in [2.75, 3.05) is 5.88 Å². The highest BCUT2D eigenvalue weighted by Crippen LogP contribution is 2.34. The van der Waals surface area contributed by atoms with E-state index in [4.69, 9.17) is 23.2 Å². The Kier molecular flexibility index (Phi) is 3.59. The molecule has 0 saturated carbocycles. The van der Waals surface area contributed by atoms with E-state index in [1.807, 2.05) is 0 Å². The van der Waals surface area contributed by atoms with Crippen molar-refractivity contribution in [1.82, 2.24) is 0 Å². The lowest BCUT2D eigenvalue weighted by Gasteiger charge is -2.04. The van der Waals surface area contributed by atoms with Gasteiger partial charge in [0.05, 0.1) is 15.4 Å². The first-order chi connectivity index (χ1) is 6.07. The van der Waals surface area contributed by atoms with Crippen molar-refractivity contribution in [3.63, 3.8) is 0 Å². The highest BCUT2D eigenvalue weighted by atomic mass is 79.9. The maximum atomic E-state index is 11.2. The predicted molar refractivity (Wildman–Crippen MR) is 55.9 cm³/mol. The summed E-state index contributed by atoms with van der Waals surface area (Å²) in [6, 6.07) is 2.82. The summed E-state index contributed by atoms with van der Waals surface area (Å²) < 4.78 is 0.375. The van der Waals surface area contributed by atoms with Crippen LogP contribution in [-0.4, -0.2) is 16.8 Å². The van der Waals surface area contributed by atoms with Crippen molar-refractivity contribution in [2.45, 2.75) is 0 Å². The number of carbonyl (C=O) groups is 1. The first-order valence-corrected chi connectivity index (χ1v) is 5.04. The van der Waals surface area contributed by atoms with Gasteiger partial charge in [0.25, 0.3) is 0 Å². The molecule has 0 aliphatic carbocycles. The highest BCUT2D eigenvalue weighted by molar-refractivity contribution is 9.10. The van der Waals surface area contributed by atoms with Crippen LogP contribution in [0.2, 0.25) is 5.02 Å². The Morgan fingerprint density at radius 1 is 1.54 bits per heavy atom. The monoisotopic (exact) mass is 282 g/mol. The van der Waals surface area contributed by atoms with Gasteiger partial charge in [-0.3, -0.25) is 4.79 Å². The normalized spacial score (nSPS) is 10.1. The van der Waals surface area contributed by atoms with Gasteiger partial charge in [0.15, 0.2) is 5.78 Å². The molecule has 5 heteroatoms. The number of benzene rings is 1. The molecule has 0 amide bonds. The number of hydrogen-bond acceptors (Lipinski definition) is 2. The van der Waals surface area contributed by atoms with Crippen LogP contribution in [0.25, 0.3) is 0 Å². The Balaban J connectivity index is 3.26. The number of Topliss-reactive ketones (excluding diaryl/α,β-unsaturated/α-hetero) is 1. The molecule has 1 aromatic carbocycles. The Morgan fingerprint density at radius 3 is 2.69 bits per heavy atom. The third-order valence-electron chi connectivity index (χ3n) is 1.48. The van der Waals surface area contributed by atoms with Crippen LogP contribution >= 0.6 is 39.1 Å². The minimum absolute atomic E-state index is 0.0698. The van der Waals surface area contributed by atoms with E-state index in [0.29, 0.717) is 10.0 Å². The Bertz CT molecular complexity index is 352. The fourth-order valence-electron chi connectivity index (χ4n) is 0.827. The smallest absolute Gasteiger partial charge is 0.178 e. The number of halogens is 3. The number of aromatic hydroxyl groups is 1. The number of alkyl halides is 1. The molecule has 0 aliphatic heterocycles. The Hall–Kier alpha value is -0.250. The fraction of sp³-hybridized carbons (Fsp3) is 0.125. The predicted octanol–water partition coefficient (Wildman–Crippen LogP) is 3.23. The SMILES string of the molecule is O=C(CCl)c1ccc(O)c(Cl)c1Br. The van der Waals surface area contributed by atoms with Gasteiger partial charge in [-0.15, -0.1) is 11.6 Å². The zero-order valence-corrected chi connectivity index (χ0v) is 9.45. The van der Waals surface area contributed by atoms with Gasteiger partial charge in [-0.2, -0.15) is 0 Å². The first kappa shape index (κ1) is 10.8. The van der Waals surface area contributed by atoms with Crippen LogP contribution in [0.5, 0.6) is 5.75 Å². The Morgan fingerprint density at radius 2 is 2.15 bits per heavy atom. The van der Waals surface area contributed by atoms with Crippen LogP contribution in [0.3, 0.4) is 0 Å². The van der Waals surface area contributed by atoms with Gasteiger partial charge < -0.3 is 5.11 Å². The van der Waals surface area contributed by atoms with E-state index in [1.54, 1.807) is 0 Å². The van der Waals surface area contributed by atoms with Crippen molar-refractivity contribution in [2.24, 2.45) is 0 Å². The van der Waals surface area contributed by atoms with Crippen LogP contribution in [0.1, 0.15) is 10.4 Å². The average molecular weight is 284 g/mol. The standard InChI is InChI=1S/C8H5BrCl2O2/c9-7-4(6(13)3-10)1-2-5(12)8(7)11/h1-2,12H,3H2. The number of phenolic OH excluding ortho intramolecular Hbond substituents is 1. The number of rotatable bonds is 2. The summed E-state index contributed by atoms with van der Waals surface area (Å²) >= 11 is 14.2. The second-order valence-electron chi connectivity index (χ2n) is 2.32. The Labute approximate surface area is 93.6 Å². The zero-order valence-electron chi connectivity index (χ0n) is 6.35. The van der Waals surface area contributed by atoms with Crippen LogP contribution < -0.4 is 0 Å². The number of hydrogen-bond donors (Lipinski definition) is 1. The van der Waals surface area contributed by atoms with Crippen LogP contribution in [0.4, 0.5) is 0 Å². The van der Waals surface area contributed by atoms with E-state index < -0.39 is 0 Å². The summed E-state index contributed by atoms with van der Waals surface area (Å²) in [4.78, 5) is 11.2. The van der Waals surface area contributed by atoms with Gasteiger partial charge in [0.1, 0.15) is 5.75 Å². The first-order valence-electron chi connectivity index (χ1n) is 3.34. The molecule has 0 aromatic heterocycles. The molecular weight excluding hydrogens is 279 g/mol. The average Bonchev–Trinajstić information content (AvgIpc) is 2.13.